The van der Waals surface area contributed by atoms with E-state index in [4.69, 9.17) is 14.7 Å². The second-order valence-corrected chi connectivity index (χ2v) is 4.29. The summed E-state index contributed by atoms with van der Waals surface area (Å²) in [6, 6.07) is 1.60. The SMILES string of the molecule is O=C(NCC[C@H](O)C(=O)O)c1cc(C2CC2)on1. The number of aliphatic carboxylic acids is 1. The van der Waals surface area contributed by atoms with Crippen molar-refractivity contribution in [3.63, 3.8) is 0 Å². The van der Waals surface area contributed by atoms with Gasteiger partial charge in [0.15, 0.2) is 11.8 Å². The smallest absolute Gasteiger partial charge is 0.332 e. The molecule has 1 atom stereocenters. The maximum Gasteiger partial charge on any atom is 0.332 e. The molecule has 1 aromatic heterocycles. The highest BCUT2D eigenvalue weighted by Crippen LogP contribution is 2.40. The highest BCUT2D eigenvalue weighted by atomic mass is 16.5. The molecule has 1 aliphatic rings. The van der Waals surface area contributed by atoms with Gasteiger partial charge in [-0.2, -0.15) is 0 Å². The van der Waals surface area contributed by atoms with Gasteiger partial charge in [0.1, 0.15) is 5.76 Å². The molecule has 0 radical (unpaired) electrons. The fourth-order valence-corrected chi connectivity index (χ4v) is 1.49. The molecule has 0 aromatic carbocycles. The maximum absolute atomic E-state index is 11.6. The fourth-order valence-electron chi connectivity index (χ4n) is 1.49. The van der Waals surface area contributed by atoms with Gasteiger partial charge in [-0.3, -0.25) is 4.79 Å². The van der Waals surface area contributed by atoms with Crippen LogP contribution >= 0.6 is 0 Å². The average molecular weight is 254 g/mol. The van der Waals surface area contributed by atoms with Crippen LogP contribution in [0.3, 0.4) is 0 Å². The van der Waals surface area contributed by atoms with Gasteiger partial charge in [-0.25, -0.2) is 4.79 Å². The van der Waals surface area contributed by atoms with Gasteiger partial charge in [0.25, 0.3) is 5.91 Å². The van der Waals surface area contributed by atoms with Crippen molar-refractivity contribution in [3.05, 3.63) is 17.5 Å². The summed E-state index contributed by atoms with van der Waals surface area (Å²) in [6.45, 7) is 0.0674. The third-order valence-electron chi connectivity index (χ3n) is 2.73. The Morgan fingerprint density at radius 3 is 2.89 bits per heavy atom. The van der Waals surface area contributed by atoms with E-state index in [1.54, 1.807) is 6.07 Å². The number of aromatic nitrogens is 1. The highest BCUT2D eigenvalue weighted by molar-refractivity contribution is 5.92. The molecule has 7 heteroatoms. The molecule has 1 fully saturated rings. The van der Waals surface area contributed by atoms with E-state index < -0.39 is 18.0 Å². The van der Waals surface area contributed by atoms with Gasteiger partial charge in [-0.1, -0.05) is 5.16 Å². The molecule has 0 bridgehead atoms. The van der Waals surface area contributed by atoms with Crippen LogP contribution in [-0.4, -0.2) is 39.9 Å². The lowest BCUT2D eigenvalue weighted by Crippen LogP contribution is -2.30. The zero-order chi connectivity index (χ0) is 13.1. The molecule has 7 nitrogen and oxygen atoms in total. The number of carbonyl (C=O) groups excluding carboxylic acids is 1. The van der Waals surface area contributed by atoms with E-state index in [0.717, 1.165) is 12.8 Å². The molecule has 0 saturated heterocycles. The van der Waals surface area contributed by atoms with Gasteiger partial charge in [-0.15, -0.1) is 0 Å². The zero-order valence-electron chi connectivity index (χ0n) is 9.63. The molecule has 1 saturated carbocycles. The fraction of sp³-hybridized carbons (Fsp3) is 0.545. The second-order valence-electron chi connectivity index (χ2n) is 4.29. The van der Waals surface area contributed by atoms with Crippen molar-refractivity contribution in [2.45, 2.75) is 31.3 Å². The summed E-state index contributed by atoms with van der Waals surface area (Å²) in [7, 11) is 0. The second kappa shape index (κ2) is 5.18. The van der Waals surface area contributed by atoms with Crippen LogP contribution in [0.25, 0.3) is 0 Å². The van der Waals surface area contributed by atoms with Crippen molar-refractivity contribution in [1.82, 2.24) is 10.5 Å². The lowest BCUT2D eigenvalue weighted by atomic mass is 10.2. The first kappa shape index (κ1) is 12.6. The molecule has 98 valence electrons. The topological polar surface area (TPSA) is 113 Å². The number of rotatable bonds is 6. The molecular formula is C11H14N2O5. The minimum Gasteiger partial charge on any atom is -0.479 e. The standard InChI is InChI=1S/C11H14N2O5/c14-8(11(16)17)3-4-12-10(15)7-5-9(18-13-7)6-1-2-6/h5-6,8,14H,1-4H2,(H,12,15)(H,16,17)/t8-/m0/s1. The molecule has 1 amide bonds. The summed E-state index contributed by atoms with van der Waals surface area (Å²) in [5.74, 6) is -0.636. The van der Waals surface area contributed by atoms with E-state index in [-0.39, 0.29) is 18.7 Å². The summed E-state index contributed by atoms with van der Waals surface area (Å²) in [5.41, 5.74) is 0.182. The number of carbonyl (C=O) groups is 2. The minimum absolute atomic E-state index is 0.0472. The number of carboxylic acids is 1. The summed E-state index contributed by atoms with van der Waals surface area (Å²) in [6.07, 6.45) is 0.598. The van der Waals surface area contributed by atoms with Crippen LogP contribution in [0, 0.1) is 0 Å². The van der Waals surface area contributed by atoms with Crippen LogP contribution in [0.1, 0.15) is 41.4 Å². The first-order valence-electron chi connectivity index (χ1n) is 5.73. The predicted octanol–water partition coefficient (Wildman–Crippen LogP) is 0.117. The largest absolute Gasteiger partial charge is 0.479 e. The average Bonchev–Trinajstić information content (AvgIpc) is 3.06. The highest BCUT2D eigenvalue weighted by Gasteiger charge is 2.28. The van der Waals surface area contributed by atoms with E-state index in [1.165, 1.54) is 0 Å². The molecule has 0 spiro atoms. The monoisotopic (exact) mass is 254 g/mol. The molecule has 1 heterocycles. The number of amides is 1. The Morgan fingerprint density at radius 2 is 2.28 bits per heavy atom. The Labute approximate surface area is 103 Å². The van der Waals surface area contributed by atoms with E-state index in [0.29, 0.717) is 11.7 Å². The Balaban J connectivity index is 1.78. The Kier molecular flexibility index (Phi) is 3.61. The van der Waals surface area contributed by atoms with Crippen LogP contribution in [0.5, 0.6) is 0 Å². The van der Waals surface area contributed by atoms with Crippen LogP contribution in [0.4, 0.5) is 0 Å². The molecule has 0 aliphatic heterocycles. The Bertz CT molecular complexity index is 452. The van der Waals surface area contributed by atoms with Gasteiger partial charge >= 0.3 is 5.97 Å². The number of aliphatic hydroxyl groups is 1. The van der Waals surface area contributed by atoms with Gasteiger partial charge < -0.3 is 20.1 Å². The van der Waals surface area contributed by atoms with Crippen molar-refractivity contribution in [3.8, 4) is 0 Å². The van der Waals surface area contributed by atoms with Crippen LogP contribution in [-0.2, 0) is 4.79 Å². The van der Waals surface area contributed by atoms with E-state index >= 15 is 0 Å². The number of aliphatic hydroxyl groups excluding tert-OH is 1. The molecular weight excluding hydrogens is 240 g/mol. The number of nitrogens with one attached hydrogen (secondary N) is 1. The van der Waals surface area contributed by atoms with Crippen molar-refractivity contribution in [2.75, 3.05) is 6.54 Å². The summed E-state index contributed by atoms with van der Waals surface area (Å²) < 4.78 is 5.02. The van der Waals surface area contributed by atoms with Crippen molar-refractivity contribution in [1.29, 1.82) is 0 Å². The van der Waals surface area contributed by atoms with Crippen LogP contribution in [0.2, 0.25) is 0 Å². The van der Waals surface area contributed by atoms with E-state index in [2.05, 4.69) is 10.5 Å². The van der Waals surface area contributed by atoms with Crippen LogP contribution < -0.4 is 5.32 Å². The first-order valence-corrected chi connectivity index (χ1v) is 5.73. The van der Waals surface area contributed by atoms with Crippen LogP contribution in [0.15, 0.2) is 10.6 Å². The first-order chi connectivity index (χ1) is 8.58. The van der Waals surface area contributed by atoms with E-state index in [1.807, 2.05) is 0 Å². The third-order valence-corrected chi connectivity index (χ3v) is 2.73. The summed E-state index contributed by atoms with van der Waals surface area (Å²) >= 11 is 0. The van der Waals surface area contributed by atoms with Crippen molar-refractivity contribution in [2.24, 2.45) is 0 Å². The zero-order valence-corrected chi connectivity index (χ0v) is 9.63. The molecule has 3 N–H and O–H groups in total. The van der Waals surface area contributed by atoms with Gasteiger partial charge in [0, 0.05) is 24.9 Å². The van der Waals surface area contributed by atoms with Gasteiger partial charge in [-0.05, 0) is 12.8 Å². The Hall–Kier alpha value is -1.89. The normalized spacial score (nSPS) is 16.3. The van der Waals surface area contributed by atoms with Gasteiger partial charge in [0.2, 0.25) is 0 Å². The van der Waals surface area contributed by atoms with Gasteiger partial charge in [0.05, 0.1) is 0 Å². The lowest BCUT2D eigenvalue weighted by molar-refractivity contribution is -0.146. The third kappa shape index (κ3) is 3.07. The number of hydrogen-bond donors (Lipinski definition) is 3. The maximum atomic E-state index is 11.6. The molecule has 2 rings (SSSR count). The number of carboxylic acid groups (broad SMARTS) is 1. The number of nitrogens with zero attached hydrogens (tertiary/aromatic N) is 1. The van der Waals surface area contributed by atoms with Crippen molar-refractivity contribution >= 4 is 11.9 Å². The molecule has 0 unspecified atom stereocenters. The predicted molar refractivity (Wildman–Crippen MR) is 59.1 cm³/mol. The molecule has 18 heavy (non-hydrogen) atoms. The summed E-state index contributed by atoms with van der Waals surface area (Å²) in [4.78, 5) is 21.9. The Morgan fingerprint density at radius 1 is 1.56 bits per heavy atom. The minimum atomic E-state index is -1.47. The summed E-state index contributed by atoms with van der Waals surface area (Å²) in [5, 5.41) is 23.6. The van der Waals surface area contributed by atoms with E-state index in [9.17, 15) is 9.59 Å². The van der Waals surface area contributed by atoms with Crippen molar-refractivity contribution < 1.29 is 24.3 Å². The number of hydrogen-bond acceptors (Lipinski definition) is 5. The quantitative estimate of drug-likeness (QED) is 0.664. The molecule has 1 aromatic rings. The lowest BCUT2D eigenvalue weighted by Gasteiger charge is -2.05. The molecule has 1 aliphatic carbocycles.